The van der Waals surface area contributed by atoms with Gasteiger partial charge in [-0.1, -0.05) is 127 Å². The summed E-state index contributed by atoms with van der Waals surface area (Å²) in [5.41, 5.74) is 7.08. The molecule has 0 amide bonds. The predicted octanol–water partition coefficient (Wildman–Crippen LogP) is 11.5. The molecule has 9 rings (SSSR count). The molecule has 0 spiro atoms. The first-order chi connectivity index (χ1) is 22.4. The van der Waals surface area contributed by atoms with Gasteiger partial charge in [-0.25, -0.2) is 0 Å². The zero-order valence-electron chi connectivity index (χ0n) is 26.9. The smallest absolute Gasteiger partial charge is 0.135 e. The van der Waals surface area contributed by atoms with E-state index < -0.39 is 0 Å². The molecule has 0 fully saturated rings. The molecule has 0 saturated carbocycles. The third-order valence-corrected chi connectivity index (χ3v) is 8.34. The van der Waals surface area contributed by atoms with Crippen molar-refractivity contribution in [3.63, 3.8) is 0 Å². The maximum Gasteiger partial charge on any atom is 0.135 e. The van der Waals surface area contributed by atoms with Crippen molar-refractivity contribution in [1.29, 1.82) is 0 Å². The molecule has 1 aromatic heterocycles. The lowest BCUT2D eigenvalue weighted by atomic mass is 9.87. The normalized spacial score (nSPS) is 13.6. The molecule has 9 aromatic rings. The van der Waals surface area contributed by atoms with Crippen LogP contribution in [-0.2, 0) is 0 Å². The molecule has 41 heavy (non-hydrogen) atoms. The molecule has 0 radical (unpaired) electrons. The zero-order valence-corrected chi connectivity index (χ0v) is 21.9. The molecule has 0 saturated heterocycles. The van der Waals surface area contributed by atoms with Gasteiger partial charge in [-0.2, -0.15) is 0 Å². The van der Waals surface area contributed by atoms with Gasteiger partial charge in [-0.15, -0.1) is 0 Å². The standard InChI is InChI=1S/C40H24O/c1-2-6-26(7-3-1)31-19-14-28-17-22-35-32(20-15-29-16-21-34(31)39(28)40(29)35)27-12-10-25(11-13-27)30-18-23-38-36(24-30)33-8-4-5-9-37(33)41-38/h1-24H/i1D,2D,3D,6D,7D. The zero-order chi connectivity index (χ0) is 31.3. The van der Waals surface area contributed by atoms with Crippen molar-refractivity contribution in [2.45, 2.75) is 0 Å². The molecule has 0 bridgehead atoms. The van der Waals surface area contributed by atoms with Crippen molar-refractivity contribution < 1.29 is 11.3 Å². The average Bonchev–Trinajstić information content (AvgIpc) is 3.47. The average molecular weight is 526 g/mol. The summed E-state index contributed by atoms with van der Waals surface area (Å²) in [6, 6.07) is 38.2. The van der Waals surface area contributed by atoms with Gasteiger partial charge >= 0.3 is 0 Å². The first kappa shape index (κ1) is 18.0. The molecule has 0 aliphatic carbocycles. The van der Waals surface area contributed by atoms with E-state index in [0.717, 1.165) is 76.5 Å². The molecule has 8 aromatic carbocycles. The minimum absolute atomic E-state index is 0.193. The van der Waals surface area contributed by atoms with Crippen molar-refractivity contribution in [3.05, 3.63) is 145 Å². The summed E-state index contributed by atoms with van der Waals surface area (Å²) < 4.78 is 47.8. The van der Waals surface area contributed by atoms with Crippen LogP contribution >= 0.6 is 0 Å². The lowest BCUT2D eigenvalue weighted by molar-refractivity contribution is 0.669. The first-order valence-corrected chi connectivity index (χ1v) is 13.7. The molecule has 0 unspecified atom stereocenters. The van der Waals surface area contributed by atoms with Gasteiger partial charge in [0.1, 0.15) is 11.2 Å². The molecule has 1 nitrogen and oxygen atoms in total. The summed E-state index contributed by atoms with van der Waals surface area (Å²) in [5.74, 6) is 0. The quantitative estimate of drug-likeness (QED) is 0.209. The van der Waals surface area contributed by atoms with E-state index >= 15 is 0 Å². The van der Waals surface area contributed by atoms with Crippen LogP contribution in [0.15, 0.2) is 150 Å². The van der Waals surface area contributed by atoms with Gasteiger partial charge < -0.3 is 4.42 Å². The third-order valence-electron chi connectivity index (χ3n) is 8.34. The lowest BCUT2D eigenvalue weighted by Crippen LogP contribution is -1.89. The predicted molar refractivity (Wildman–Crippen MR) is 174 cm³/mol. The highest BCUT2D eigenvalue weighted by Gasteiger charge is 2.15. The van der Waals surface area contributed by atoms with Crippen LogP contribution < -0.4 is 0 Å². The number of hydrogen-bond donors (Lipinski definition) is 0. The van der Waals surface area contributed by atoms with E-state index in [0.29, 0.717) is 5.56 Å². The monoisotopic (exact) mass is 525 g/mol. The Morgan fingerprint density at radius 2 is 1.00 bits per heavy atom. The maximum absolute atomic E-state index is 8.62. The Balaban J connectivity index is 1.20. The SMILES string of the molecule is [2H]c1c([2H])c([2H])c(-c2ccc3ccc4c(-c5ccc(-c6ccc7oc8ccccc8c7c6)cc5)ccc5ccc2c3c54)c([2H])c1[2H]. The highest BCUT2D eigenvalue weighted by atomic mass is 16.3. The number of furan rings is 1. The summed E-state index contributed by atoms with van der Waals surface area (Å²) in [6.07, 6.45) is 0. The fourth-order valence-corrected chi connectivity index (χ4v) is 6.40. The summed E-state index contributed by atoms with van der Waals surface area (Å²) in [7, 11) is 0. The van der Waals surface area contributed by atoms with Crippen LogP contribution in [0.2, 0.25) is 0 Å². The number of rotatable bonds is 3. The summed E-state index contributed by atoms with van der Waals surface area (Å²) in [6.45, 7) is 0. The topological polar surface area (TPSA) is 13.1 Å². The fourth-order valence-electron chi connectivity index (χ4n) is 6.40. The van der Waals surface area contributed by atoms with E-state index in [-0.39, 0.29) is 35.8 Å². The van der Waals surface area contributed by atoms with Crippen LogP contribution in [0.1, 0.15) is 6.85 Å². The van der Waals surface area contributed by atoms with Gasteiger partial charge in [0, 0.05) is 10.8 Å². The Kier molecular flexibility index (Phi) is 3.76. The van der Waals surface area contributed by atoms with Crippen molar-refractivity contribution in [2.24, 2.45) is 0 Å². The summed E-state index contributed by atoms with van der Waals surface area (Å²) >= 11 is 0. The van der Waals surface area contributed by atoms with Gasteiger partial charge in [0.05, 0.1) is 6.85 Å². The van der Waals surface area contributed by atoms with Gasteiger partial charge in [-0.05, 0) is 83.9 Å². The molecule has 0 atom stereocenters. The second-order valence-electron chi connectivity index (χ2n) is 10.5. The van der Waals surface area contributed by atoms with Gasteiger partial charge in [0.2, 0.25) is 0 Å². The second kappa shape index (κ2) is 8.55. The van der Waals surface area contributed by atoms with E-state index in [1.807, 2.05) is 42.5 Å². The molecule has 0 N–H and O–H groups in total. The molecule has 1 heterocycles. The van der Waals surface area contributed by atoms with Gasteiger partial charge in [0.25, 0.3) is 0 Å². The Bertz CT molecular complexity index is 2660. The van der Waals surface area contributed by atoms with E-state index in [4.69, 9.17) is 11.3 Å². The minimum atomic E-state index is -0.386. The van der Waals surface area contributed by atoms with Gasteiger partial charge in [-0.3, -0.25) is 0 Å². The van der Waals surface area contributed by atoms with E-state index in [9.17, 15) is 0 Å². The highest BCUT2D eigenvalue weighted by Crippen LogP contribution is 2.42. The summed E-state index contributed by atoms with van der Waals surface area (Å²) in [5, 5.41) is 8.44. The van der Waals surface area contributed by atoms with E-state index in [1.165, 1.54) is 0 Å². The van der Waals surface area contributed by atoms with Crippen LogP contribution in [-0.4, -0.2) is 0 Å². The molecular weight excluding hydrogens is 496 g/mol. The van der Waals surface area contributed by atoms with Gasteiger partial charge in [0.15, 0.2) is 0 Å². The van der Waals surface area contributed by atoms with Crippen LogP contribution in [0.3, 0.4) is 0 Å². The van der Waals surface area contributed by atoms with E-state index in [1.54, 1.807) is 0 Å². The van der Waals surface area contributed by atoms with Crippen molar-refractivity contribution in [2.75, 3.05) is 0 Å². The van der Waals surface area contributed by atoms with Crippen LogP contribution in [0, 0.1) is 0 Å². The number of fused-ring (bicyclic) bond motifs is 3. The Morgan fingerprint density at radius 3 is 1.73 bits per heavy atom. The summed E-state index contributed by atoms with van der Waals surface area (Å²) in [4.78, 5) is 0. The number of hydrogen-bond acceptors (Lipinski definition) is 1. The van der Waals surface area contributed by atoms with Crippen molar-refractivity contribution >= 4 is 54.3 Å². The largest absolute Gasteiger partial charge is 0.456 e. The Labute approximate surface area is 244 Å². The third kappa shape index (κ3) is 3.36. The minimum Gasteiger partial charge on any atom is -0.456 e. The first-order valence-electron chi connectivity index (χ1n) is 16.2. The molecular formula is C40H24O. The fraction of sp³-hybridized carbons (Fsp3) is 0. The van der Waals surface area contributed by atoms with E-state index in [2.05, 4.69) is 72.8 Å². The van der Waals surface area contributed by atoms with Crippen molar-refractivity contribution in [1.82, 2.24) is 0 Å². The van der Waals surface area contributed by atoms with Crippen molar-refractivity contribution in [3.8, 4) is 33.4 Å². The molecule has 0 aliphatic rings. The lowest BCUT2D eigenvalue weighted by Gasteiger charge is -2.16. The number of para-hydroxylation sites is 1. The number of benzene rings is 8. The van der Waals surface area contributed by atoms with Crippen LogP contribution in [0.5, 0.6) is 0 Å². The molecule has 190 valence electrons. The molecule has 0 aliphatic heterocycles. The van der Waals surface area contributed by atoms with Crippen LogP contribution in [0.25, 0.3) is 87.6 Å². The van der Waals surface area contributed by atoms with Crippen LogP contribution in [0.4, 0.5) is 0 Å². The second-order valence-corrected chi connectivity index (χ2v) is 10.5. The Morgan fingerprint density at radius 1 is 0.415 bits per heavy atom. The Hall–Kier alpha value is -5.40. The molecule has 1 heteroatoms. The maximum atomic E-state index is 8.62. The highest BCUT2D eigenvalue weighted by molar-refractivity contribution is 6.27.